The number of fused-ring (bicyclic) bond motifs is 1. The van der Waals surface area contributed by atoms with Crippen molar-refractivity contribution in [3.8, 4) is 11.5 Å². The second-order valence-electron chi connectivity index (χ2n) is 5.35. The van der Waals surface area contributed by atoms with Crippen molar-refractivity contribution in [2.75, 3.05) is 0 Å². The normalized spacial score (nSPS) is 11.0. The van der Waals surface area contributed by atoms with Gasteiger partial charge in [-0.1, -0.05) is 34.1 Å². The smallest absolute Gasteiger partial charge is 0.261 e. The largest absolute Gasteiger partial charge is 0.444 e. The maximum Gasteiger partial charge on any atom is 0.261 e. The summed E-state index contributed by atoms with van der Waals surface area (Å²) in [5, 5.41) is 0.568. The van der Waals surface area contributed by atoms with Crippen LogP contribution in [0, 0.1) is 0 Å². The van der Waals surface area contributed by atoms with Gasteiger partial charge in [-0.3, -0.25) is 9.36 Å². The van der Waals surface area contributed by atoms with E-state index >= 15 is 0 Å². The third-order valence-corrected chi connectivity index (χ3v) is 4.18. The van der Waals surface area contributed by atoms with Crippen LogP contribution in [0.15, 0.2) is 74.8 Å². The van der Waals surface area contributed by atoms with Crippen molar-refractivity contribution < 1.29 is 4.42 Å². The average molecular weight is 382 g/mol. The highest BCUT2D eigenvalue weighted by atomic mass is 79.9. The molecule has 0 aliphatic heterocycles. The highest BCUT2D eigenvalue weighted by Crippen LogP contribution is 2.18. The Morgan fingerprint density at radius 2 is 1.96 bits per heavy atom. The van der Waals surface area contributed by atoms with E-state index in [-0.39, 0.29) is 5.56 Å². The van der Waals surface area contributed by atoms with Crippen LogP contribution in [0.25, 0.3) is 22.4 Å². The van der Waals surface area contributed by atoms with E-state index in [1.165, 1.54) is 10.9 Å². The van der Waals surface area contributed by atoms with E-state index in [1.54, 1.807) is 12.3 Å². The Bertz CT molecular complexity index is 1070. The Morgan fingerprint density at radius 3 is 2.79 bits per heavy atom. The minimum absolute atomic E-state index is 0.106. The average Bonchev–Trinajstić information content (AvgIpc) is 3.07. The molecule has 0 amide bonds. The molecule has 118 valence electrons. The van der Waals surface area contributed by atoms with Crippen LogP contribution in [0.1, 0.15) is 5.69 Å². The molecule has 5 nitrogen and oxygen atoms in total. The van der Waals surface area contributed by atoms with E-state index in [9.17, 15) is 4.79 Å². The molecule has 0 atom stereocenters. The van der Waals surface area contributed by atoms with E-state index in [0.29, 0.717) is 29.0 Å². The van der Waals surface area contributed by atoms with E-state index in [0.717, 1.165) is 10.0 Å². The van der Waals surface area contributed by atoms with Gasteiger partial charge in [-0.15, -0.1) is 0 Å². The van der Waals surface area contributed by atoms with Gasteiger partial charge in [-0.05, 0) is 30.3 Å². The lowest BCUT2D eigenvalue weighted by molar-refractivity contribution is 0.571. The van der Waals surface area contributed by atoms with Crippen molar-refractivity contribution in [3.05, 3.63) is 81.6 Å². The molecule has 4 rings (SSSR count). The summed E-state index contributed by atoms with van der Waals surface area (Å²) in [6, 6.07) is 15.1. The van der Waals surface area contributed by atoms with Gasteiger partial charge in [0.15, 0.2) is 0 Å². The second-order valence-corrected chi connectivity index (χ2v) is 6.26. The topological polar surface area (TPSA) is 60.9 Å². The number of rotatable bonds is 3. The number of hydrogen-bond donors (Lipinski definition) is 0. The summed E-state index contributed by atoms with van der Waals surface area (Å²) >= 11 is 3.38. The van der Waals surface area contributed by atoms with Gasteiger partial charge in [-0.2, -0.15) is 0 Å². The molecule has 0 unspecified atom stereocenters. The van der Waals surface area contributed by atoms with Crippen LogP contribution >= 0.6 is 15.9 Å². The molecule has 2 aromatic carbocycles. The first-order chi connectivity index (χ1) is 11.7. The van der Waals surface area contributed by atoms with Crippen LogP contribution in [0.4, 0.5) is 0 Å². The molecular formula is C18H12BrN3O2. The first-order valence-electron chi connectivity index (χ1n) is 7.35. The first-order valence-corrected chi connectivity index (χ1v) is 8.14. The van der Waals surface area contributed by atoms with Gasteiger partial charge in [0.25, 0.3) is 5.56 Å². The van der Waals surface area contributed by atoms with Crippen LogP contribution in [0.2, 0.25) is 0 Å². The number of benzene rings is 2. The number of hydrogen-bond acceptors (Lipinski definition) is 4. The fraction of sp³-hybridized carbons (Fsp3) is 0.0556. The zero-order chi connectivity index (χ0) is 16.5. The summed E-state index contributed by atoms with van der Waals surface area (Å²) in [6.45, 7) is 0.310. The van der Waals surface area contributed by atoms with Gasteiger partial charge < -0.3 is 4.42 Å². The Hall–Kier alpha value is -2.73. The first kappa shape index (κ1) is 14.8. The molecule has 0 spiro atoms. The molecule has 0 bridgehead atoms. The molecule has 0 saturated heterocycles. The zero-order valence-electron chi connectivity index (χ0n) is 12.5. The summed E-state index contributed by atoms with van der Waals surface area (Å²) in [5.41, 5.74) is 2.14. The molecule has 2 aromatic heterocycles. The van der Waals surface area contributed by atoms with Crippen LogP contribution in [-0.2, 0) is 6.54 Å². The minimum atomic E-state index is -0.106. The lowest BCUT2D eigenvalue weighted by atomic mass is 10.2. The second kappa shape index (κ2) is 6.05. The van der Waals surface area contributed by atoms with E-state index < -0.39 is 0 Å². The van der Waals surface area contributed by atoms with Gasteiger partial charge in [0, 0.05) is 10.0 Å². The van der Waals surface area contributed by atoms with Gasteiger partial charge in [0.2, 0.25) is 5.89 Å². The predicted octanol–water partition coefficient (Wildman–Crippen LogP) is 3.86. The van der Waals surface area contributed by atoms with Crippen molar-refractivity contribution in [1.82, 2.24) is 14.5 Å². The molecule has 0 saturated carbocycles. The number of nitrogens with zero attached hydrogens (tertiary/aromatic N) is 3. The van der Waals surface area contributed by atoms with Crippen molar-refractivity contribution in [1.29, 1.82) is 0 Å². The molecule has 0 aliphatic rings. The quantitative estimate of drug-likeness (QED) is 0.540. The minimum Gasteiger partial charge on any atom is -0.444 e. The SMILES string of the molecule is O=c1c2cc(Br)ccc2ncn1Cc1coc(-c2ccccc2)n1. The molecule has 0 radical (unpaired) electrons. The van der Waals surface area contributed by atoms with Crippen molar-refractivity contribution >= 4 is 26.8 Å². The van der Waals surface area contributed by atoms with Gasteiger partial charge >= 0.3 is 0 Å². The van der Waals surface area contributed by atoms with E-state index in [1.807, 2.05) is 42.5 Å². The highest BCUT2D eigenvalue weighted by Gasteiger charge is 2.09. The Balaban J connectivity index is 1.69. The van der Waals surface area contributed by atoms with Gasteiger partial charge in [0.1, 0.15) is 6.26 Å². The monoisotopic (exact) mass is 381 g/mol. The van der Waals surface area contributed by atoms with Crippen molar-refractivity contribution in [2.24, 2.45) is 0 Å². The number of oxazole rings is 1. The van der Waals surface area contributed by atoms with Crippen LogP contribution in [0.5, 0.6) is 0 Å². The molecule has 0 aliphatic carbocycles. The zero-order valence-corrected chi connectivity index (χ0v) is 14.1. The molecule has 2 heterocycles. The molecule has 4 aromatic rings. The van der Waals surface area contributed by atoms with Crippen LogP contribution in [-0.4, -0.2) is 14.5 Å². The lowest BCUT2D eigenvalue weighted by Crippen LogP contribution is -2.21. The Kier molecular flexibility index (Phi) is 3.74. The summed E-state index contributed by atoms with van der Waals surface area (Å²) in [4.78, 5) is 21.4. The summed E-state index contributed by atoms with van der Waals surface area (Å²) in [7, 11) is 0. The molecule has 24 heavy (non-hydrogen) atoms. The Morgan fingerprint density at radius 1 is 1.12 bits per heavy atom. The highest BCUT2D eigenvalue weighted by molar-refractivity contribution is 9.10. The third kappa shape index (κ3) is 2.76. The number of halogens is 1. The summed E-state index contributed by atoms with van der Waals surface area (Å²) in [5.74, 6) is 0.537. The molecule has 0 N–H and O–H groups in total. The number of aromatic nitrogens is 3. The maximum absolute atomic E-state index is 12.6. The summed E-state index contributed by atoms with van der Waals surface area (Å²) in [6.07, 6.45) is 3.11. The van der Waals surface area contributed by atoms with Crippen LogP contribution in [0.3, 0.4) is 0 Å². The molecule has 0 fully saturated rings. The third-order valence-electron chi connectivity index (χ3n) is 3.69. The molecular weight excluding hydrogens is 370 g/mol. The lowest BCUT2D eigenvalue weighted by Gasteiger charge is -2.04. The fourth-order valence-electron chi connectivity index (χ4n) is 2.51. The standard InChI is InChI=1S/C18H12BrN3O2/c19-13-6-7-16-15(8-13)18(23)22(11-20-16)9-14-10-24-17(21-14)12-4-2-1-3-5-12/h1-8,10-11H,9H2. The summed E-state index contributed by atoms with van der Waals surface area (Å²) < 4.78 is 7.89. The molecule has 6 heteroatoms. The van der Waals surface area contributed by atoms with Gasteiger partial charge in [-0.25, -0.2) is 9.97 Å². The Labute approximate surface area is 145 Å². The van der Waals surface area contributed by atoms with E-state index in [2.05, 4.69) is 25.9 Å². The fourth-order valence-corrected chi connectivity index (χ4v) is 2.87. The van der Waals surface area contributed by atoms with Crippen molar-refractivity contribution in [3.63, 3.8) is 0 Å². The van der Waals surface area contributed by atoms with Crippen molar-refractivity contribution in [2.45, 2.75) is 6.54 Å². The van der Waals surface area contributed by atoms with E-state index in [4.69, 9.17) is 4.42 Å². The maximum atomic E-state index is 12.6. The predicted molar refractivity (Wildman–Crippen MR) is 94.7 cm³/mol. The van der Waals surface area contributed by atoms with Gasteiger partial charge in [0.05, 0.1) is 29.5 Å². The van der Waals surface area contributed by atoms with Crippen LogP contribution < -0.4 is 5.56 Å².